The molecule has 0 bridgehead atoms. The topological polar surface area (TPSA) is 29.3 Å². The van der Waals surface area contributed by atoms with E-state index in [9.17, 15) is 0 Å². The molecule has 0 aliphatic carbocycles. The van der Waals surface area contributed by atoms with Crippen LogP contribution in [-0.2, 0) is 0 Å². The molecule has 3 heteroatoms. The van der Waals surface area contributed by atoms with Gasteiger partial charge in [0.15, 0.2) is 0 Å². The predicted molar refractivity (Wildman–Crippen MR) is 79.9 cm³/mol. The van der Waals surface area contributed by atoms with E-state index in [1.54, 1.807) is 0 Å². The van der Waals surface area contributed by atoms with Crippen molar-refractivity contribution < 1.29 is 0 Å². The van der Waals surface area contributed by atoms with E-state index in [1.165, 1.54) is 24.1 Å². The van der Waals surface area contributed by atoms with E-state index in [4.69, 9.17) is 18.0 Å². The molecule has 0 aliphatic rings. The van der Waals surface area contributed by atoms with Gasteiger partial charge in [-0.05, 0) is 38.0 Å². The first-order chi connectivity index (χ1) is 8.10. The Kier molecular flexibility index (Phi) is 5.42. The van der Waals surface area contributed by atoms with Gasteiger partial charge in [-0.2, -0.15) is 0 Å². The van der Waals surface area contributed by atoms with Gasteiger partial charge >= 0.3 is 0 Å². The average Bonchev–Trinajstić information content (AvgIpc) is 2.29. The maximum absolute atomic E-state index is 5.79. The molecule has 17 heavy (non-hydrogen) atoms. The third-order valence-electron chi connectivity index (χ3n) is 2.92. The number of hydrogen-bond donors (Lipinski definition) is 1. The Balaban J connectivity index is 3.06. The molecule has 0 atom stereocenters. The summed E-state index contributed by atoms with van der Waals surface area (Å²) in [5, 5.41) is 0. The summed E-state index contributed by atoms with van der Waals surface area (Å²) in [6.45, 7) is 8.52. The lowest BCUT2D eigenvalue weighted by molar-refractivity contribution is 0.731. The third-order valence-corrected chi connectivity index (χ3v) is 3.14. The highest BCUT2D eigenvalue weighted by molar-refractivity contribution is 7.80. The van der Waals surface area contributed by atoms with Crippen molar-refractivity contribution in [2.24, 2.45) is 5.73 Å². The van der Waals surface area contributed by atoms with Crippen molar-refractivity contribution >= 4 is 22.9 Å². The SMILES string of the molecule is CCCCN(CC)c1cc(C)ccc1C(N)=S. The van der Waals surface area contributed by atoms with Crippen LogP contribution in [0.15, 0.2) is 18.2 Å². The van der Waals surface area contributed by atoms with Crippen LogP contribution in [-0.4, -0.2) is 18.1 Å². The van der Waals surface area contributed by atoms with Crippen LogP contribution >= 0.6 is 12.2 Å². The Morgan fingerprint density at radius 3 is 2.59 bits per heavy atom. The number of benzene rings is 1. The van der Waals surface area contributed by atoms with Gasteiger partial charge in [-0.15, -0.1) is 0 Å². The highest BCUT2D eigenvalue weighted by atomic mass is 32.1. The second kappa shape index (κ2) is 6.60. The standard InChI is InChI=1S/C14H22N2S/c1-4-6-9-16(5-2)13-10-11(3)7-8-12(13)14(15)17/h7-8,10H,4-6,9H2,1-3H3,(H2,15,17). The van der Waals surface area contributed by atoms with E-state index in [0.29, 0.717) is 4.99 Å². The number of aryl methyl sites for hydroxylation is 1. The van der Waals surface area contributed by atoms with Crippen LogP contribution in [0.2, 0.25) is 0 Å². The second-order valence-corrected chi connectivity index (χ2v) is 4.76. The first-order valence-electron chi connectivity index (χ1n) is 6.25. The zero-order chi connectivity index (χ0) is 12.8. The maximum Gasteiger partial charge on any atom is 0.106 e. The van der Waals surface area contributed by atoms with E-state index >= 15 is 0 Å². The Morgan fingerprint density at radius 2 is 2.06 bits per heavy atom. The van der Waals surface area contributed by atoms with Gasteiger partial charge in [0.25, 0.3) is 0 Å². The Labute approximate surface area is 110 Å². The van der Waals surface area contributed by atoms with E-state index in [-0.39, 0.29) is 0 Å². The van der Waals surface area contributed by atoms with Gasteiger partial charge in [-0.1, -0.05) is 31.6 Å². The van der Waals surface area contributed by atoms with Gasteiger partial charge in [0.05, 0.1) is 0 Å². The van der Waals surface area contributed by atoms with Gasteiger partial charge in [-0.3, -0.25) is 0 Å². The van der Waals surface area contributed by atoms with Gasteiger partial charge in [0, 0.05) is 24.3 Å². The van der Waals surface area contributed by atoms with Gasteiger partial charge in [0.2, 0.25) is 0 Å². The molecule has 0 radical (unpaired) electrons. The Hall–Kier alpha value is -1.09. The highest BCUT2D eigenvalue weighted by Crippen LogP contribution is 2.22. The lowest BCUT2D eigenvalue weighted by atomic mass is 10.1. The van der Waals surface area contributed by atoms with Crippen LogP contribution in [0.25, 0.3) is 0 Å². The number of unbranched alkanes of at least 4 members (excludes halogenated alkanes) is 1. The molecule has 94 valence electrons. The fraction of sp³-hybridized carbons (Fsp3) is 0.500. The number of thiocarbonyl (C=S) groups is 1. The van der Waals surface area contributed by atoms with Crippen LogP contribution in [0.1, 0.15) is 37.8 Å². The van der Waals surface area contributed by atoms with Crippen molar-refractivity contribution in [2.45, 2.75) is 33.6 Å². The normalized spacial score (nSPS) is 10.3. The fourth-order valence-corrected chi connectivity index (χ4v) is 2.08. The molecule has 2 N–H and O–H groups in total. The number of anilines is 1. The number of nitrogens with two attached hydrogens (primary N) is 1. The Morgan fingerprint density at radius 1 is 1.35 bits per heavy atom. The molecular formula is C14H22N2S. The third kappa shape index (κ3) is 3.70. The molecule has 2 nitrogen and oxygen atoms in total. The van der Waals surface area contributed by atoms with Crippen molar-refractivity contribution in [2.75, 3.05) is 18.0 Å². The summed E-state index contributed by atoms with van der Waals surface area (Å²) in [4.78, 5) is 2.83. The molecule has 1 aromatic carbocycles. The molecule has 0 fully saturated rings. The zero-order valence-corrected chi connectivity index (χ0v) is 11.8. The van der Waals surface area contributed by atoms with Gasteiger partial charge < -0.3 is 10.6 Å². The minimum absolute atomic E-state index is 0.481. The van der Waals surface area contributed by atoms with Crippen LogP contribution in [0.5, 0.6) is 0 Å². The molecule has 0 saturated heterocycles. The van der Waals surface area contributed by atoms with Crippen LogP contribution in [0.4, 0.5) is 5.69 Å². The monoisotopic (exact) mass is 250 g/mol. The largest absolute Gasteiger partial charge is 0.389 e. The smallest absolute Gasteiger partial charge is 0.106 e. The van der Waals surface area contributed by atoms with Crippen LogP contribution in [0, 0.1) is 6.92 Å². The van der Waals surface area contributed by atoms with E-state index in [0.717, 1.165) is 18.7 Å². The quantitative estimate of drug-likeness (QED) is 0.786. The predicted octanol–water partition coefficient (Wildman–Crippen LogP) is 3.26. The minimum Gasteiger partial charge on any atom is -0.389 e. The van der Waals surface area contributed by atoms with E-state index in [1.807, 2.05) is 6.07 Å². The summed E-state index contributed by atoms with van der Waals surface area (Å²) in [6, 6.07) is 6.26. The molecule has 0 aliphatic heterocycles. The zero-order valence-electron chi connectivity index (χ0n) is 11.0. The van der Waals surface area contributed by atoms with Crippen LogP contribution in [0.3, 0.4) is 0 Å². The molecule has 0 saturated carbocycles. The fourth-order valence-electron chi connectivity index (χ4n) is 1.91. The summed E-state index contributed by atoms with van der Waals surface area (Å²) in [6.07, 6.45) is 2.39. The summed E-state index contributed by atoms with van der Waals surface area (Å²) >= 11 is 5.12. The van der Waals surface area contributed by atoms with Crippen molar-refractivity contribution in [1.82, 2.24) is 0 Å². The van der Waals surface area contributed by atoms with Crippen LogP contribution < -0.4 is 10.6 Å². The lowest BCUT2D eigenvalue weighted by Gasteiger charge is -2.25. The number of hydrogen-bond acceptors (Lipinski definition) is 2. The van der Waals surface area contributed by atoms with E-state index in [2.05, 4.69) is 37.8 Å². The summed E-state index contributed by atoms with van der Waals surface area (Å²) < 4.78 is 0. The molecule has 1 rings (SSSR count). The Bertz CT molecular complexity index is 388. The molecular weight excluding hydrogens is 228 g/mol. The number of rotatable bonds is 6. The van der Waals surface area contributed by atoms with E-state index < -0.39 is 0 Å². The molecule has 0 spiro atoms. The first kappa shape index (κ1) is 14.0. The van der Waals surface area contributed by atoms with Gasteiger partial charge in [0.1, 0.15) is 4.99 Å². The lowest BCUT2D eigenvalue weighted by Crippen LogP contribution is -2.27. The summed E-state index contributed by atoms with van der Waals surface area (Å²) in [5.41, 5.74) is 9.20. The second-order valence-electron chi connectivity index (χ2n) is 4.32. The maximum atomic E-state index is 5.79. The average molecular weight is 250 g/mol. The van der Waals surface area contributed by atoms with Crippen molar-refractivity contribution in [3.8, 4) is 0 Å². The van der Waals surface area contributed by atoms with Gasteiger partial charge in [-0.25, -0.2) is 0 Å². The molecule has 1 aromatic rings. The van der Waals surface area contributed by atoms with Crippen molar-refractivity contribution in [1.29, 1.82) is 0 Å². The first-order valence-corrected chi connectivity index (χ1v) is 6.66. The molecule has 0 aromatic heterocycles. The van der Waals surface area contributed by atoms with Crippen molar-refractivity contribution in [3.05, 3.63) is 29.3 Å². The van der Waals surface area contributed by atoms with Crippen molar-refractivity contribution in [3.63, 3.8) is 0 Å². The minimum atomic E-state index is 0.481. The summed E-state index contributed by atoms with van der Waals surface area (Å²) in [7, 11) is 0. The number of nitrogens with zero attached hydrogens (tertiary/aromatic N) is 1. The molecule has 0 heterocycles. The molecule has 0 unspecified atom stereocenters. The summed E-state index contributed by atoms with van der Waals surface area (Å²) in [5.74, 6) is 0. The highest BCUT2D eigenvalue weighted by Gasteiger charge is 2.11. The molecule has 0 amide bonds.